The number of aliphatic hydroxyl groups is 2. The number of aliphatic hydroxyl groups excluding tert-OH is 2. The number of anilines is 2. The highest BCUT2D eigenvalue weighted by Gasteiger charge is 2.41. The fourth-order valence-electron chi connectivity index (χ4n) is 5.62. The largest absolute Gasteiger partial charge is 0.389 e. The molecule has 4 aromatic rings. The minimum absolute atomic E-state index is 0. The van der Waals surface area contributed by atoms with Crippen molar-refractivity contribution in [3.05, 3.63) is 78.1 Å². The number of nitrogens with two attached hydrogens (primary N) is 1. The number of nitrogens with one attached hydrogen (secondary N) is 3. The van der Waals surface area contributed by atoms with Crippen LogP contribution in [0.15, 0.2) is 67.0 Å². The zero-order valence-electron chi connectivity index (χ0n) is 21.5. The molecule has 3 heterocycles. The molecule has 0 radical (unpaired) electrons. The maximum absolute atomic E-state index is 10.7. The molecule has 2 aliphatic rings. The Hall–Kier alpha value is -3.28. The van der Waals surface area contributed by atoms with E-state index < -0.39 is 24.3 Å². The van der Waals surface area contributed by atoms with Gasteiger partial charge in [-0.25, -0.2) is 4.98 Å². The molecule has 2 aromatic carbocycles. The molecule has 2 fully saturated rings. The van der Waals surface area contributed by atoms with Crippen molar-refractivity contribution in [1.29, 1.82) is 0 Å². The van der Waals surface area contributed by atoms with Crippen molar-refractivity contribution in [3.63, 3.8) is 0 Å². The van der Waals surface area contributed by atoms with Gasteiger partial charge >= 0.3 is 0 Å². The predicted molar refractivity (Wildman–Crippen MR) is 154 cm³/mol. The molecule has 1 saturated carbocycles. The summed E-state index contributed by atoms with van der Waals surface area (Å²) in [5.41, 5.74) is 9.68. The van der Waals surface area contributed by atoms with Gasteiger partial charge in [0.2, 0.25) is 5.95 Å². The molecule has 0 unspecified atom stereocenters. The maximum atomic E-state index is 10.7. The van der Waals surface area contributed by atoms with Gasteiger partial charge in [-0.3, -0.25) is 0 Å². The fraction of sp³-hybridized carbons (Fsp3) is 0.393. The summed E-state index contributed by atoms with van der Waals surface area (Å²) < 4.78 is 1.83. The van der Waals surface area contributed by atoms with Crippen LogP contribution in [0.4, 0.5) is 11.8 Å². The summed E-state index contributed by atoms with van der Waals surface area (Å²) >= 11 is 0. The Balaban J connectivity index is 0.00000308. The van der Waals surface area contributed by atoms with Crippen LogP contribution in [0, 0.1) is 0 Å². The summed E-state index contributed by atoms with van der Waals surface area (Å²) in [6, 6.07) is 20.1. The lowest BCUT2D eigenvalue weighted by Gasteiger charge is -2.21. The third kappa shape index (κ3) is 5.57. The van der Waals surface area contributed by atoms with Crippen molar-refractivity contribution >= 4 is 35.3 Å². The predicted octanol–water partition coefficient (Wildman–Crippen LogP) is 2.26. The van der Waals surface area contributed by atoms with Crippen LogP contribution in [0.5, 0.6) is 0 Å². The first-order valence-corrected chi connectivity index (χ1v) is 13.3. The van der Waals surface area contributed by atoms with E-state index in [0.717, 1.165) is 19.5 Å². The Morgan fingerprint density at radius 3 is 2.28 bits per heavy atom. The van der Waals surface area contributed by atoms with Gasteiger partial charge < -0.3 is 36.5 Å². The number of rotatable bonds is 8. The highest BCUT2D eigenvalue weighted by molar-refractivity contribution is 5.85. The summed E-state index contributed by atoms with van der Waals surface area (Å²) in [5.74, 6) is 1.23. The van der Waals surface area contributed by atoms with E-state index in [0.29, 0.717) is 35.9 Å². The topological polar surface area (TPSA) is 146 Å². The van der Waals surface area contributed by atoms with Crippen molar-refractivity contribution in [2.24, 2.45) is 5.73 Å². The Labute approximate surface area is 233 Å². The number of halogens is 1. The lowest BCUT2D eigenvalue weighted by molar-refractivity contribution is 0.0187. The molecule has 1 aliphatic heterocycles. The average molecular weight is 551 g/mol. The standard InChI is InChI=1S/C28H34N8O2.ClH/c29-21-13-22(25(38)24(21)37)36-16-32-23-26(34-28(35-27(23)36)33-19-11-12-30-14-19)31-15-20(17-7-3-1-4-8-17)18-9-5-2-6-10-18;/h1-10,16,19-22,24-25,30,37-38H,11-15,29H2,(H2,31,33,34,35);1H/t19-,21-,22+,24+,25-;/m0./s1. The molecule has 0 bridgehead atoms. The smallest absolute Gasteiger partial charge is 0.227 e. The first kappa shape index (κ1) is 27.3. The van der Waals surface area contributed by atoms with Gasteiger partial charge in [-0.15, -0.1) is 12.4 Å². The second-order valence-electron chi connectivity index (χ2n) is 10.3. The number of benzene rings is 2. The number of hydrogen-bond donors (Lipinski definition) is 6. The summed E-state index contributed by atoms with van der Waals surface area (Å²) in [7, 11) is 0. The molecule has 206 valence electrons. The number of hydrogen-bond acceptors (Lipinski definition) is 9. The lowest BCUT2D eigenvalue weighted by Crippen LogP contribution is -2.35. The summed E-state index contributed by atoms with van der Waals surface area (Å²) in [6.07, 6.45) is 1.09. The van der Waals surface area contributed by atoms with Gasteiger partial charge in [-0.1, -0.05) is 60.7 Å². The van der Waals surface area contributed by atoms with Crippen LogP contribution in [-0.2, 0) is 0 Å². The second kappa shape index (κ2) is 11.8. The zero-order valence-corrected chi connectivity index (χ0v) is 22.3. The molecular formula is C28H35ClN8O2. The molecule has 11 heteroatoms. The SMILES string of the molecule is Cl.N[C@H]1C[C@@H](n2cnc3c(NCC(c4ccccc4)c4ccccc4)nc(N[C@H]4CCNC4)nc32)[C@H](O)[C@@H]1O. The van der Waals surface area contributed by atoms with Gasteiger partial charge in [0.05, 0.1) is 18.5 Å². The second-order valence-corrected chi connectivity index (χ2v) is 10.3. The Morgan fingerprint density at radius 1 is 1.00 bits per heavy atom. The van der Waals surface area contributed by atoms with E-state index in [9.17, 15) is 10.2 Å². The minimum Gasteiger partial charge on any atom is -0.389 e. The molecule has 1 saturated heterocycles. The first-order valence-electron chi connectivity index (χ1n) is 13.3. The molecule has 39 heavy (non-hydrogen) atoms. The number of nitrogens with zero attached hydrogens (tertiary/aromatic N) is 4. The summed E-state index contributed by atoms with van der Waals surface area (Å²) in [4.78, 5) is 14.3. The molecule has 10 nitrogen and oxygen atoms in total. The van der Waals surface area contributed by atoms with E-state index >= 15 is 0 Å². The van der Waals surface area contributed by atoms with Gasteiger partial charge in [0.1, 0.15) is 6.10 Å². The molecule has 6 rings (SSSR count). The van der Waals surface area contributed by atoms with Crippen LogP contribution in [0.25, 0.3) is 11.2 Å². The third-order valence-corrected chi connectivity index (χ3v) is 7.75. The van der Waals surface area contributed by atoms with E-state index in [2.05, 4.69) is 69.5 Å². The van der Waals surface area contributed by atoms with Crippen LogP contribution in [-0.4, -0.2) is 73.7 Å². The van der Waals surface area contributed by atoms with Crippen LogP contribution in [0.3, 0.4) is 0 Å². The fourth-order valence-corrected chi connectivity index (χ4v) is 5.62. The van der Waals surface area contributed by atoms with Crippen LogP contribution in [0.2, 0.25) is 0 Å². The highest BCUT2D eigenvalue weighted by atomic mass is 35.5. The highest BCUT2D eigenvalue weighted by Crippen LogP contribution is 2.34. The normalized spacial score (nSPS) is 24.7. The Kier molecular flexibility index (Phi) is 8.29. The van der Waals surface area contributed by atoms with Gasteiger partial charge in [-0.05, 0) is 30.5 Å². The molecule has 7 N–H and O–H groups in total. The average Bonchev–Trinajstić information content (AvgIpc) is 3.67. The lowest BCUT2D eigenvalue weighted by atomic mass is 9.91. The van der Waals surface area contributed by atoms with Crippen molar-refractivity contribution in [3.8, 4) is 0 Å². The monoisotopic (exact) mass is 550 g/mol. The molecule has 5 atom stereocenters. The third-order valence-electron chi connectivity index (χ3n) is 7.75. The van der Waals surface area contributed by atoms with Crippen molar-refractivity contribution in [1.82, 2.24) is 24.8 Å². The van der Waals surface area contributed by atoms with Crippen molar-refractivity contribution in [2.45, 2.75) is 49.1 Å². The summed E-state index contributed by atoms with van der Waals surface area (Å²) in [5, 5.41) is 31.4. The molecular weight excluding hydrogens is 516 g/mol. The maximum Gasteiger partial charge on any atom is 0.227 e. The molecule has 0 amide bonds. The van der Waals surface area contributed by atoms with Gasteiger partial charge in [0, 0.05) is 31.1 Å². The van der Waals surface area contributed by atoms with Crippen molar-refractivity contribution < 1.29 is 10.2 Å². The Bertz CT molecular complexity index is 1330. The van der Waals surface area contributed by atoms with E-state index in [1.165, 1.54) is 11.1 Å². The molecule has 0 spiro atoms. The van der Waals surface area contributed by atoms with Crippen molar-refractivity contribution in [2.75, 3.05) is 30.3 Å². The van der Waals surface area contributed by atoms with E-state index in [-0.39, 0.29) is 24.4 Å². The number of imidazole rings is 1. The van der Waals surface area contributed by atoms with E-state index in [4.69, 9.17) is 15.7 Å². The number of aromatic nitrogens is 4. The van der Waals surface area contributed by atoms with Gasteiger partial charge in [-0.2, -0.15) is 9.97 Å². The Morgan fingerprint density at radius 2 is 1.69 bits per heavy atom. The van der Waals surface area contributed by atoms with Gasteiger partial charge in [0.25, 0.3) is 0 Å². The quantitative estimate of drug-likeness (QED) is 0.194. The van der Waals surface area contributed by atoms with E-state index in [1.54, 1.807) is 6.33 Å². The molecule has 1 aliphatic carbocycles. The minimum atomic E-state index is -0.996. The van der Waals surface area contributed by atoms with E-state index in [1.807, 2.05) is 16.7 Å². The van der Waals surface area contributed by atoms with Crippen LogP contribution < -0.4 is 21.7 Å². The summed E-state index contributed by atoms with van der Waals surface area (Å²) in [6.45, 7) is 2.39. The molecule has 2 aromatic heterocycles. The number of fused-ring (bicyclic) bond motifs is 1. The van der Waals surface area contributed by atoms with Crippen LogP contribution >= 0.6 is 12.4 Å². The van der Waals surface area contributed by atoms with Gasteiger partial charge in [0.15, 0.2) is 17.0 Å². The zero-order chi connectivity index (χ0) is 26.1. The first-order chi connectivity index (χ1) is 18.6. The van der Waals surface area contributed by atoms with Crippen LogP contribution in [0.1, 0.15) is 35.9 Å².